The Morgan fingerprint density at radius 1 is 0.765 bits per heavy atom. The highest BCUT2D eigenvalue weighted by Gasteiger charge is 2.72. The van der Waals surface area contributed by atoms with Crippen molar-refractivity contribution in [3.63, 3.8) is 0 Å². The maximum Gasteiger partial charge on any atom is 0.309 e. The first-order chi connectivity index (χ1) is 15.6. The van der Waals surface area contributed by atoms with Crippen molar-refractivity contribution in [2.75, 3.05) is 0 Å². The van der Waals surface area contributed by atoms with Crippen LogP contribution < -0.4 is 0 Å². The molecule has 0 heterocycles. The molecule has 4 heteroatoms. The van der Waals surface area contributed by atoms with E-state index >= 15 is 0 Å². The van der Waals surface area contributed by atoms with Crippen molar-refractivity contribution in [3.8, 4) is 0 Å². The van der Waals surface area contributed by atoms with Crippen LogP contribution in [0.15, 0.2) is 0 Å². The zero-order valence-corrected chi connectivity index (χ0v) is 22.8. The Morgan fingerprint density at radius 2 is 1.41 bits per heavy atom. The van der Waals surface area contributed by atoms with Gasteiger partial charge in [0.25, 0.3) is 0 Å². The molecule has 0 saturated heterocycles. The molecular formula is C30H50O4. The molecule has 34 heavy (non-hydrogen) atoms. The molecule has 0 bridgehead atoms. The van der Waals surface area contributed by atoms with Crippen molar-refractivity contribution < 1.29 is 20.1 Å². The summed E-state index contributed by atoms with van der Waals surface area (Å²) in [7, 11) is 0. The third-order valence-corrected chi connectivity index (χ3v) is 14.1. The molecule has 0 aromatic rings. The van der Waals surface area contributed by atoms with Crippen LogP contribution in [-0.4, -0.2) is 33.0 Å². The van der Waals surface area contributed by atoms with Gasteiger partial charge >= 0.3 is 5.97 Å². The lowest BCUT2D eigenvalue weighted by Crippen LogP contribution is -2.69. The Hall–Kier alpha value is -0.610. The first-order valence-corrected chi connectivity index (χ1v) is 14.2. The fraction of sp³-hybridized carbons (Fsp3) is 0.967. The molecule has 3 unspecified atom stereocenters. The summed E-state index contributed by atoms with van der Waals surface area (Å²) in [5, 5.41) is 32.8. The topological polar surface area (TPSA) is 77.8 Å². The van der Waals surface area contributed by atoms with Crippen LogP contribution in [0.4, 0.5) is 0 Å². The van der Waals surface area contributed by atoms with E-state index < -0.39 is 17.0 Å². The molecule has 3 N–H and O–H groups in total. The predicted molar refractivity (Wildman–Crippen MR) is 134 cm³/mol. The SMILES string of the molecule is C[C@H]1C2[C@H]3CCC4[C@@]5(C)CC[C@H](O)C(C)(C)C5CC[C@@]4(C)[C@]3(C)CC[C@@]2(C(=O)O)CC[C@@]1(C)O. The minimum atomic E-state index is -0.785. The number of hydrogen-bond acceptors (Lipinski definition) is 3. The van der Waals surface area contributed by atoms with E-state index in [0.717, 1.165) is 44.9 Å². The Kier molecular flexibility index (Phi) is 5.34. The number of aliphatic carboxylic acids is 1. The lowest BCUT2D eigenvalue weighted by Gasteiger charge is -2.73. The van der Waals surface area contributed by atoms with E-state index in [1.54, 1.807) is 0 Å². The molecular weight excluding hydrogens is 424 g/mol. The van der Waals surface area contributed by atoms with E-state index in [2.05, 4.69) is 41.5 Å². The number of aliphatic hydroxyl groups is 2. The maximum absolute atomic E-state index is 12.8. The highest BCUT2D eigenvalue weighted by molar-refractivity contribution is 5.76. The Labute approximate surface area is 207 Å². The largest absolute Gasteiger partial charge is 0.481 e. The van der Waals surface area contributed by atoms with Gasteiger partial charge in [0.1, 0.15) is 0 Å². The molecule has 11 atom stereocenters. The van der Waals surface area contributed by atoms with Crippen LogP contribution in [0.5, 0.6) is 0 Å². The second-order valence-corrected chi connectivity index (χ2v) is 15.2. The van der Waals surface area contributed by atoms with Crippen LogP contribution in [0.1, 0.15) is 113 Å². The van der Waals surface area contributed by atoms with Crippen molar-refractivity contribution in [1.82, 2.24) is 0 Å². The van der Waals surface area contributed by atoms with Crippen LogP contribution in [0.3, 0.4) is 0 Å². The van der Waals surface area contributed by atoms with E-state index in [1.807, 2.05) is 6.92 Å². The van der Waals surface area contributed by atoms with Crippen molar-refractivity contribution in [2.24, 2.45) is 56.7 Å². The first-order valence-electron chi connectivity index (χ1n) is 14.2. The van der Waals surface area contributed by atoms with Gasteiger partial charge in [0, 0.05) is 0 Å². The van der Waals surface area contributed by atoms with Crippen molar-refractivity contribution >= 4 is 5.97 Å². The molecule has 5 aliphatic carbocycles. The molecule has 5 rings (SSSR count). The highest BCUT2D eigenvalue weighted by atomic mass is 16.4. The van der Waals surface area contributed by atoms with E-state index in [9.17, 15) is 20.1 Å². The molecule has 0 aromatic carbocycles. The smallest absolute Gasteiger partial charge is 0.309 e. The second-order valence-electron chi connectivity index (χ2n) is 15.2. The van der Waals surface area contributed by atoms with Gasteiger partial charge in [-0.15, -0.1) is 0 Å². The van der Waals surface area contributed by atoms with Gasteiger partial charge in [0.15, 0.2) is 0 Å². The minimum absolute atomic E-state index is 0.00203. The molecule has 0 aromatic heterocycles. The summed E-state index contributed by atoms with van der Waals surface area (Å²) in [5.41, 5.74) is -1.01. The molecule has 4 nitrogen and oxygen atoms in total. The van der Waals surface area contributed by atoms with Gasteiger partial charge in [-0.05, 0) is 122 Å². The van der Waals surface area contributed by atoms with Crippen LogP contribution in [0, 0.1) is 56.7 Å². The zero-order chi connectivity index (χ0) is 25.1. The summed E-state index contributed by atoms with van der Waals surface area (Å²) in [6.07, 6.45) is 9.35. The third-order valence-electron chi connectivity index (χ3n) is 14.1. The zero-order valence-electron chi connectivity index (χ0n) is 22.8. The Morgan fingerprint density at radius 3 is 2.06 bits per heavy atom. The molecule has 194 valence electrons. The number of rotatable bonds is 1. The summed E-state index contributed by atoms with van der Waals surface area (Å²) < 4.78 is 0. The summed E-state index contributed by atoms with van der Waals surface area (Å²) in [5.74, 6) is 0.926. The first kappa shape index (κ1) is 25.1. The molecule has 5 aliphatic rings. The number of hydrogen-bond donors (Lipinski definition) is 3. The molecule has 0 spiro atoms. The van der Waals surface area contributed by atoms with E-state index in [-0.39, 0.29) is 39.6 Å². The molecule has 5 fully saturated rings. The number of carboxylic acid groups (broad SMARTS) is 1. The van der Waals surface area contributed by atoms with Crippen molar-refractivity contribution in [1.29, 1.82) is 0 Å². The lowest BCUT2D eigenvalue weighted by molar-refractivity contribution is -0.265. The van der Waals surface area contributed by atoms with Gasteiger partial charge in [-0.3, -0.25) is 4.79 Å². The minimum Gasteiger partial charge on any atom is -0.481 e. The number of carboxylic acids is 1. The molecule has 0 radical (unpaired) electrons. The predicted octanol–water partition coefficient (Wildman–Crippen LogP) is 6.28. The Balaban J connectivity index is 1.57. The Bertz CT molecular complexity index is 864. The van der Waals surface area contributed by atoms with Crippen LogP contribution in [0.25, 0.3) is 0 Å². The van der Waals surface area contributed by atoms with Crippen molar-refractivity contribution in [2.45, 2.75) is 124 Å². The van der Waals surface area contributed by atoms with Gasteiger partial charge in [0.2, 0.25) is 0 Å². The van der Waals surface area contributed by atoms with Gasteiger partial charge in [0.05, 0.1) is 17.1 Å². The number of aliphatic hydroxyl groups excluding tert-OH is 1. The van der Waals surface area contributed by atoms with Gasteiger partial charge in [-0.25, -0.2) is 0 Å². The monoisotopic (exact) mass is 474 g/mol. The molecule has 5 saturated carbocycles. The lowest BCUT2D eigenvalue weighted by atomic mass is 9.31. The van der Waals surface area contributed by atoms with Crippen LogP contribution >= 0.6 is 0 Å². The van der Waals surface area contributed by atoms with Gasteiger partial charge in [-0.1, -0.05) is 41.5 Å². The quantitative estimate of drug-likeness (QED) is 0.418. The molecule has 0 aliphatic heterocycles. The summed E-state index contributed by atoms with van der Waals surface area (Å²) in [4.78, 5) is 12.8. The molecule has 0 amide bonds. The maximum atomic E-state index is 12.8. The van der Waals surface area contributed by atoms with Crippen molar-refractivity contribution in [3.05, 3.63) is 0 Å². The third kappa shape index (κ3) is 2.82. The van der Waals surface area contributed by atoms with E-state index in [1.165, 1.54) is 6.42 Å². The van der Waals surface area contributed by atoms with Crippen LogP contribution in [-0.2, 0) is 4.79 Å². The fourth-order valence-corrected chi connectivity index (χ4v) is 11.6. The average Bonchev–Trinajstić information content (AvgIpc) is 2.74. The number of carbonyl (C=O) groups is 1. The summed E-state index contributed by atoms with van der Waals surface area (Å²) >= 11 is 0. The normalized spacial score (nSPS) is 58.6. The average molecular weight is 475 g/mol. The number of fused-ring (bicyclic) bond motifs is 7. The second kappa shape index (κ2) is 7.24. The van der Waals surface area contributed by atoms with E-state index in [0.29, 0.717) is 30.6 Å². The van der Waals surface area contributed by atoms with Gasteiger partial charge in [-0.2, -0.15) is 0 Å². The van der Waals surface area contributed by atoms with Gasteiger partial charge < -0.3 is 15.3 Å². The van der Waals surface area contributed by atoms with E-state index in [4.69, 9.17) is 0 Å². The van der Waals surface area contributed by atoms with Crippen LogP contribution in [0.2, 0.25) is 0 Å². The summed E-state index contributed by atoms with van der Waals surface area (Å²) in [6, 6.07) is 0. The summed E-state index contributed by atoms with van der Waals surface area (Å²) in [6.45, 7) is 16.3. The highest BCUT2D eigenvalue weighted by Crippen LogP contribution is 2.77. The fourth-order valence-electron chi connectivity index (χ4n) is 11.6. The standard InChI is InChI=1S/C30H50O4/c1-18-23-19-8-9-21-26(4)12-11-22(31)25(2,3)20(26)10-13-28(21,6)27(19,5)14-16-30(23,24(32)33)17-15-29(18,7)34/h18-23,31,34H,8-17H2,1-7H3,(H,32,33)/t18-,19+,20?,21?,22-,23?,26-,27+,28+,29+,30+/m0/s1.